The van der Waals surface area contributed by atoms with Crippen LogP contribution in [0.25, 0.3) is 0 Å². The van der Waals surface area contributed by atoms with Crippen molar-refractivity contribution in [2.24, 2.45) is 5.10 Å². The average molecular weight is 411 g/mol. The predicted octanol–water partition coefficient (Wildman–Crippen LogP) is 5.06. The van der Waals surface area contributed by atoms with Crippen LogP contribution in [0.3, 0.4) is 0 Å². The van der Waals surface area contributed by atoms with Crippen LogP contribution in [0.4, 0.5) is 22.7 Å². The van der Waals surface area contributed by atoms with Crippen molar-refractivity contribution in [2.45, 2.75) is 45.6 Å². The van der Waals surface area contributed by atoms with Crippen LogP contribution in [-0.4, -0.2) is 28.1 Å². The monoisotopic (exact) mass is 411 g/mol. The number of nitro benzene ring substituents is 2. The van der Waals surface area contributed by atoms with Gasteiger partial charge < -0.3 is 4.90 Å². The molecule has 0 saturated heterocycles. The number of hydrogen-bond donors (Lipinski definition) is 1. The van der Waals surface area contributed by atoms with Gasteiger partial charge in [-0.15, -0.1) is 0 Å². The Labute approximate surface area is 174 Å². The van der Waals surface area contributed by atoms with E-state index >= 15 is 0 Å². The SMILES string of the molecule is CCN1c2ccc(/C=N\Nc3ccc([N+](=O)[O-])cc3[N+](=O)[O-])cc2[C@H](C)CC1(C)C. The topological polar surface area (TPSA) is 114 Å². The normalized spacial score (nSPS) is 17.6. The second-order valence-corrected chi connectivity index (χ2v) is 8.07. The molecule has 1 heterocycles. The Hall–Kier alpha value is -3.49. The molecule has 2 aromatic carbocycles. The molecule has 0 spiro atoms. The number of non-ortho nitro benzene ring substituents is 1. The number of benzene rings is 2. The second kappa shape index (κ2) is 8.10. The molecule has 30 heavy (non-hydrogen) atoms. The van der Waals surface area contributed by atoms with Crippen molar-refractivity contribution >= 4 is 29.0 Å². The number of nitrogens with one attached hydrogen (secondary N) is 1. The van der Waals surface area contributed by atoms with E-state index in [2.05, 4.69) is 55.3 Å². The molecule has 3 rings (SSSR count). The second-order valence-electron chi connectivity index (χ2n) is 8.07. The molecule has 0 unspecified atom stereocenters. The highest BCUT2D eigenvalue weighted by atomic mass is 16.6. The van der Waals surface area contributed by atoms with Crippen LogP contribution in [0.1, 0.15) is 51.2 Å². The van der Waals surface area contributed by atoms with Gasteiger partial charge in [0, 0.05) is 23.8 Å². The number of hydrazone groups is 1. The number of rotatable bonds is 6. The molecule has 1 N–H and O–H groups in total. The van der Waals surface area contributed by atoms with Crippen LogP contribution < -0.4 is 10.3 Å². The minimum Gasteiger partial charge on any atom is -0.366 e. The van der Waals surface area contributed by atoms with E-state index in [9.17, 15) is 20.2 Å². The Balaban J connectivity index is 1.84. The zero-order chi connectivity index (χ0) is 22.1. The highest BCUT2D eigenvalue weighted by Gasteiger charge is 2.35. The largest absolute Gasteiger partial charge is 0.366 e. The van der Waals surface area contributed by atoms with Crippen molar-refractivity contribution in [1.29, 1.82) is 0 Å². The molecule has 9 heteroatoms. The van der Waals surface area contributed by atoms with Crippen LogP contribution >= 0.6 is 0 Å². The van der Waals surface area contributed by atoms with Crippen molar-refractivity contribution in [3.63, 3.8) is 0 Å². The number of hydrogen-bond acceptors (Lipinski definition) is 7. The maximum Gasteiger partial charge on any atom is 0.301 e. The standard InChI is InChI=1S/C21H25N5O4/c1-5-24-19-9-6-15(10-17(19)14(2)12-21(24,3)4)13-22-23-18-8-7-16(25(27)28)11-20(18)26(29)30/h6-11,13-14,23H,5,12H2,1-4H3/b22-13-/t14-/m1/s1. The Bertz CT molecular complexity index is 1020. The molecular weight excluding hydrogens is 386 g/mol. The quantitative estimate of drug-likeness (QED) is 0.404. The van der Waals surface area contributed by atoms with Gasteiger partial charge in [-0.25, -0.2) is 0 Å². The molecule has 1 aliphatic heterocycles. The van der Waals surface area contributed by atoms with Crippen LogP contribution in [0.2, 0.25) is 0 Å². The van der Waals surface area contributed by atoms with Crippen LogP contribution in [0.5, 0.6) is 0 Å². The van der Waals surface area contributed by atoms with Crippen molar-refractivity contribution in [3.05, 3.63) is 67.8 Å². The fourth-order valence-corrected chi connectivity index (χ4v) is 4.24. The lowest BCUT2D eigenvalue weighted by atomic mass is 9.79. The fourth-order valence-electron chi connectivity index (χ4n) is 4.24. The number of anilines is 2. The summed E-state index contributed by atoms with van der Waals surface area (Å²) in [6.45, 7) is 9.80. The van der Waals surface area contributed by atoms with E-state index in [1.54, 1.807) is 6.21 Å². The molecule has 0 radical (unpaired) electrons. The summed E-state index contributed by atoms with van der Waals surface area (Å²) in [4.78, 5) is 23.1. The van der Waals surface area contributed by atoms with Crippen molar-refractivity contribution in [1.82, 2.24) is 0 Å². The first-order chi connectivity index (χ1) is 14.1. The van der Waals surface area contributed by atoms with E-state index in [0.717, 1.165) is 24.6 Å². The lowest BCUT2D eigenvalue weighted by Gasteiger charge is -2.47. The zero-order valence-corrected chi connectivity index (χ0v) is 17.5. The lowest BCUT2D eigenvalue weighted by molar-refractivity contribution is -0.393. The molecule has 0 saturated carbocycles. The van der Waals surface area contributed by atoms with Crippen molar-refractivity contribution < 1.29 is 9.85 Å². The molecule has 0 amide bonds. The maximum absolute atomic E-state index is 11.2. The molecule has 1 atom stereocenters. The molecule has 2 aromatic rings. The summed E-state index contributed by atoms with van der Waals surface area (Å²) in [6, 6.07) is 9.54. The summed E-state index contributed by atoms with van der Waals surface area (Å²) >= 11 is 0. The van der Waals surface area contributed by atoms with Gasteiger partial charge >= 0.3 is 5.69 Å². The molecule has 0 aliphatic carbocycles. The third-order valence-electron chi connectivity index (χ3n) is 5.51. The van der Waals surface area contributed by atoms with Crippen LogP contribution in [0.15, 0.2) is 41.5 Å². The third-order valence-corrected chi connectivity index (χ3v) is 5.51. The predicted molar refractivity (Wildman–Crippen MR) is 118 cm³/mol. The summed E-state index contributed by atoms with van der Waals surface area (Å²) in [5, 5.41) is 26.2. The number of nitro groups is 2. The van der Waals surface area contributed by atoms with Gasteiger partial charge in [-0.1, -0.05) is 13.0 Å². The van der Waals surface area contributed by atoms with Gasteiger partial charge in [0.25, 0.3) is 5.69 Å². The van der Waals surface area contributed by atoms with E-state index in [4.69, 9.17) is 0 Å². The van der Waals surface area contributed by atoms with Gasteiger partial charge in [0.2, 0.25) is 0 Å². The van der Waals surface area contributed by atoms with Gasteiger partial charge in [-0.2, -0.15) is 5.10 Å². The van der Waals surface area contributed by atoms with Crippen LogP contribution in [-0.2, 0) is 0 Å². The smallest absolute Gasteiger partial charge is 0.301 e. The highest BCUT2D eigenvalue weighted by Crippen LogP contribution is 2.43. The van der Waals surface area contributed by atoms with Crippen LogP contribution in [0, 0.1) is 20.2 Å². The minimum absolute atomic E-state index is 0.0899. The van der Waals surface area contributed by atoms with E-state index in [0.29, 0.717) is 5.92 Å². The summed E-state index contributed by atoms with van der Waals surface area (Å²) < 4.78 is 0. The van der Waals surface area contributed by atoms with Gasteiger partial charge in [-0.05, 0) is 62.4 Å². The first-order valence-electron chi connectivity index (χ1n) is 9.77. The first-order valence-corrected chi connectivity index (χ1v) is 9.77. The highest BCUT2D eigenvalue weighted by molar-refractivity contribution is 5.82. The third kappa shape index (κ3) is 4.10. The van der Waals surface area contributed by atoms with Gasteiger partial charge in [0.05, 0.1) is 22.1 Å². The Morgan fingerprint density at radius 2 is 1.93 bits per heavy atom. The average Bonchev–Trinajstić information content (AvgIpc) is 2.67. The zero-order valence-electron chi connectivity index (χ0n) is 17.5. The molecule has 9 nitrogen and oxygen atoms in total. The molecule has 1 aliphatic rings. The van der Waals surface area contributed by atoms with Gasteiger partial charge in [0.1, 0.15) is 5.69 Å². The summed E-state index contributed by atoms with van der Waals surface area (Å²) in [6.07, 6.45) is 2.63. The van der Waals surface area contributed by atoms with Gasteiger partial charge in [0.15, 0.2) is 0 Å². The van der Waals surface area contributed by atoms with E-state index in [1.807, 2.05) is 6.07 Å². The van der Waals surface area contributed by atoms with Gasteiger partial charge in [-0.3, -0.25) is 25.7 Å². The molecular formula is C21H25N5O4. The molecule has 158 valence electrons. The summed E-state index contributed by atoms with van der Waals surface area (Å²) in [7, 11) is 0. The summed E-state index contributed by atoms with van der Waals surface area (Å²) in [5.41, 5.74) is 5.40. The Morgan fingerprint density at radius 1 is 1.20 bits per heavy atom. The summed E-state index contributed by atoms with van der Waals surface area (Å²) in [5.74, 6) is 0.398. The molecule has 0 fully saturated rings. The first kappa shape index (κ1) is 21.2. The fraction of sp³-hybridized carbons (Fsp3) is 0.381. The maximum atomic E-state index is 11.2. The van der Waals surface area contributed by atoms with E-state index < -0.39 is 15.5 Å². The van der Waals surface area contributed by atoms with E-state index in [1.165, 1.54) is 23.4 Å². The van der Waals surface area contributed by atoms with Crippen molar-refractivity contribution in [3.8, 4) is 0 Å². The number of fused-ring (bicyclic) bond motifs is 1. The Morgan fingerprint density at radius 3 is 2.57 bits per heavy atom. The molecule has 0 bridgehead atoms. The lowest BCUT2D eigenvalue weighted by Crippen LogP contribution is -2.48. The molecule has 0 aromatic heterocycles. The van der Waals surface area contributed by atoms with Crippen molar-refractivity contribution in [2.75, 3.05) is 16.9 Å². The van der Waals surface area contributed by atoms with E-state index in [-0.39, 0.29) is 16.9 Å². The Kier molecular flexibility index (Phi) is 5.73. The minimum atomic E-state index is -0.674. The number of nitrogens with zero attached hydrogens (tertiary/aromatic N) is 4.